The van der Waals surface area contributed by atoms with Crippen LogP contribution in [0.25, 0.3) is 0 Å². The molecule has 1 N–H and O–H groups in total. The smallest absolute Gasteiger partial charge is 0.256 e. The van der Waals surface area contributed by atoms with Crippen molar-refractivity contribution in [2.24, 2.45) is 13.0 Å². The maximum Gasteiger partial charge on any atom is 0.256 e. The normalized spacial score (nSPS) is 21.0. The van der Waals surface area contributed by atoms with E-state index in [9.17, 15) is 14.3 Å². The first-order valence-electron chi connectivity index (χ1n) is 7.65. The fourth-order valence-electron chi connectivity index (χ4n) is 3.21. The Bertz CT molecular complexity index is 728. The van der Waals surface area contributed by atoms with Gasteiger partial charge < -0.3 is 10.0 Å². The largest absolute Gasteiger partial charge is 0.396 e. The number of carbonyl (C=O) groups is 1. The van der Waals surface area contributed by atoms with E-state index in [-0.39, 0.29) is 29.9 Å². The zero-order chi connectivity index (χ0) is 16.6. The topological polar surface area (TPSA) is 58.4 Å². The van der Waals surface area contributed by atoms with Crippen molar-refractivity contribution in [1.29, 1.82) is 0 Å². The second-order valence-corrected chi connectivity index (χ2v) is 6.14. The maximum atomic E-state index is 14.2. The van der Waals surface area contributed by atoms with Crippen LogP contribution in [0.5, 0.6) is 0 Å². The molecular weight excluding hydrogens is 297 g/mol. The third kappa shape index (κ3) is 2.86. The SMILES string of the molecule is Cc1cccc(C(=O)N2C[C@@H](CO)[C@H](c3cnn(C)c3)C2)c1F. The summed E-state index contributed by atoms with van der Waals surface area (Å²) in [5, 5.41) is 13.8. The predicted molar refractivity (Wildman–Crippen MR) is 83.6 cm³/mol. The van der Waals surface area contributed by atoms with Crippen LogP contribution in [0.3, 0.4) is 0 Å². The molecule has 2 atom stereocenters. The summed E-state index contributed by atoms with van der Waals surface area (Å²) in [5.74, 6) is -0.833. The molecule has 0 spiro atoms. The molecule has 0 saturated carbocycles. The Morgan fingerprint density at radius 1 is 1.43 bits per heavy atom. The summed E-state index contributed by atoms with van der Waals surface area (Å²) in [6.45, 7) is 2.51. The first-order valence-corrected chi connectivity index (χ1v) is 7.65. The van der Waals surface area contributed by atoms with E-state index in [1.807, 2.05) is 13.2 Å². The number of rotatable bonds is 3. The number of hydrogen-bond acceptors (Lipinski definition) is 3. The van der Waals surface area contributed by atoms with Crippen molar-refractivity contribution < 1.29 is 14.3 Å². The Morgan fingerprint density at radius 3 is 2.87 bits per heavy atom. The molecule has 6 heteroatoms. The fraction of sp³-hybridized carbons (Fsp3) is 0.412. The predicted octanol–water partition coefficient (Wildman–Crippen LogP) is 1.72. The molecule has 3 rings (SSSR count). The van der Waals surface area contributed by atoms with Gasteiger partial charge in [-0.15, -0.1) is 0 Å². The molecule has 1 aromatic heterocycles. The van der Waals surface area contributed by atoms with Gasteiger partial charge in [-0.25, -0.2) is 4.39 Å². The molecule has 2 aromatic rings. The van der Waals surface area contributed by atoms with Gasteiger partial charge in [-0.3, -0.25) is 9.48 Å². The fourth-order valence-corrected chi connectivity index (χ4v) is 3.21. The quantitative estimate of drug-likeness (QED) is 0.938. The van der Waals surface area contributed by atoms with Gasteiger partial charge in [-0.1, -0.05) is 12.1 Å². The number of nitrogens with zero attached hydrogens (tertiary/aromatic N) is 3. The number of aliphatic hydroxyl groups is 1. The van der Waals surface area contributed by atoms with Crippen LogP contribution in [0.2, 0.25) is 0 Å². The standard InChI is InChI=1S/C17H20FN3O2/c1-11-4-3-5-14(16(11)18)17(23)21-8-13(10-22)15(9-21)12-6-19-20(2)7-12/h3-7,13,15,22H,8-10H2,1-2H3/t13-,15-/m0/s1. The lowest BCUT2D eigenvalue weighted by atomic mass is 9.92. The van der Waals surface area contributed by atoms with Gasteiger partial charge in [0.05, 0.1) is 11.8 Å². The zero-order valence-electron chi connectivity index (χ0n) is 13.2. The molecule has 0 bridgehead atoms. The molecule has 1 amide bonds. The number of likely N-dealkylation sites (tertiary alicyclic amines) is 1. The van der Waals surface area contributed by atoms with Crippen LogP contribution < -0.4 is 0 Å². The first kappa shape index (κ1) is 15.7. The first-order chi connectivity index (χ1) is 11.0. The van der Waals surface area contributed by atoms with Gasteiger partial charge in [-0.05, 0) is 24.1 Å². The summed E-state index contributed by atoms with van der Waals surface area (Å²) in [4.78, 5) is 14.3. The number of aromatic nitrogens is 2. The lowest BCUT2D eigenvalue weighted by Gasteiger charge is -2.17. The lowest BCUT2D eigenvalue weighted by molar-refractivity contribution is 0.0776. The van der Waals surface area contributed by atoms with Crippen LogP contribution in [-0.2, 0) is 7.05 Å². The van der Waals surface area contributed by atoms with Gasteiger partial charge in [0.25, 0.3) is 5.91 Å². The van der Waals surface area contributed by atoms with E-state index in [4.69, 9.17) is 0 Å². The van der Waals surface area contributed by atoms with Crippen molar-refractivity contribution in [3.63, 3.8) is 0 Å². The second-order valence-electron chi connectivity index (χ2n) is 6.14. The van der Waals surface area contributed by atoms with Crippen molar-refractivity contribution in [2.75, 3.05) is 19.7 Å². The Morgan fingerprint density at radius 2 is 2.22 bits per heavy atom. The molecule has 0 unspecified atom stereocenters. The van der Waals surface area contributed by atoms with E-state index in [1.165, 1.54) is 6.07 Å². The molecule has 122 valence electrons. The minimum Gasteiger partial charge on any atom is -0.396 e. The Kier molecular flexibility index (Phi) is 4.17. The second kappa shape index (κ2) is 6.12. The number of benzene rings is 1. The van der Waals surface area contributed by atoms with Crippen LogP contribution in [0.1, 0.15) is 27.4 Å². The monoisotopic (exact) mass is 317 g/mol. The Labute approximate surface area is 134 Å². The van der Waals surface area contributed by atoms with Gasteiger partial charge in [0.2, 0.25) is 0 Å². The Balaban J connectivity index is 1.84. The molecule has 1 aromatic carbocycles. The molecule has 5 nitrogen and oxygen atoms in total. The van der Waals surface area contributed by atoms with E-state index in [1.54, 1.807) is 34.8 Å². The van der Waals surface area contributed by atoms with E-state index < -0.39 is 5.82 Å². The minimum absolute atomic E-state index is 0.0142. The molecule has 23 heavy (non-hydrogen) atoms. The highest BCUT2D eigenvalue weighted by molar-refractivity contribution is 5.95. The molecule has 0 aliphatic carbocycles. The average Bonchev–Trinajstić information content (AvgIpc) is 3.15. The van der Waals surface area contributed by atoms with E-state index in [0.717, 1.165) is 5.56 Å². The van der Waals surface area contributed by atoms with Crippen LogP contribution >= 0.6 is 0 Å². The summed E-state index contributed by atoms with van der Waals surface area (Å²) < 4.78 is 15.9. The minimum atomic E-state index is -0.470. The summed E-state index contributed by atoms with van der Waals surface area (Å²) in [7, 11) is 1.83. The van der Waals surface area contributed by atoms with Crippen LogP contribution in [0, 0.1) is 18.7 Å². The lowest BCUT2D eigenvalue weighted by Crippen LogP contribution is -2.30. The van der Waals surface area contributed by atoms with Gasteiger partial charge in [0, 0.05) is 44.8 Å². The van der Waals surface area contributed by atoms with Crippen molar-refractivity contribution in [1.82, 2.24) is 14.7 Å². The summed E-state index contributed by atoms with van der Waals surface area (Å²) in [5.41, 5.74) is 1.54. The van der Waals surface area contributed by atoms with Gasteiger partial charge in [-0.2, -0.15) is 5.10 Å². The van der Waals surface area contributed by atoms with Crippen molar-refractivity contribution in [2.45, 2.75) is 12.8 Å². The highest BCUT2D eigenvalue weighted by atomic mass is 19.1. The molecule has 2 heterocycles. The number of aryl methyl sites for hydroxylation is 2. The van der Waals surface area contributed by atoms with Crippen molar-refractivity contribution >= 4 is 5.91 Å². The molecular formula is C17H20FN3O2. The summed E-state index contributed by atoms with van der Waals surface area (Å²) >= 11 is 0. The number of hydrogen-bond donors (Lipinski definition) is 1. The molecule has 1 aliphatic rings. The molecule has 1 saturated heterocycles. The van der Waals surface area contributed by atoms with E-state index >= 15 is 0 Å². The average molecular weight is 317 g/mol. The number of amides is 1. The van der Waals surface area contributed by atoms with E-state index in [0.29, 0.717) is 18.7 Å². The number of aliphatic hydroxyl groups excluding tert-OH is 1. The molecule has 0 radical (unpaired) electrons. The number of halogens is 1. The van der Waals surface area contributed by atoms with Crippen LogP contribution in [-0.4, -0.2) is 45.4 Å². The van der Waals surface area contributed by atoms with Crippen molar-refractivity contribution in [3.8, 4) is 0 Å². The van der Waals surface area contributed by atoms with Crippen molar-refractivity contribution in [3.05, 3.63) is 53.1 Å². The zero-order valence-corrected chi connectivity index (χ0v) is 13.2. The Hall–Kier alpha value is -2.21. The van der Waals surface area contributed by atoms with Gasteiger partial charge in [0.15, 0.2) is 0 Å². The summed E-state index contributed by atoms with van der Waals surface area (Å²) in [6, 6.07) is 4.84. The third-order valence-electron chi connectivity index (χ3n) is 4.54. The van der Waals surface area contributed by atoms with Crippen LogP contribution in [0.15, 0.2) is 30.6 Å². The number of carbonyl (C=O) groups excluding carboxylic acids is 1. The van der Waals surface area contributed by atoms with Gasteiger partial charge in [0.1, 0.15) is 5.82 Å². The highest BCUT2D eigenvalue weighted by Gasteiger charge is 2.37. The molecule has 1 aliphatic heterocycles. The summed E-state index contributed by atoms with van der Waals surface area (Å²) in [6.07, 6.45) is 3.66. The third-order valence-corrected chi connectivity index (χ3v) is 4.54. The molecule has 1 fully saturated rings. The van der Waals surface area contributed by atoms with Gasteiger partial charge >= 0.3 is 0 Å². The maximum absolute atomic E-state index is 14.2. The van der Waals surface area contributed by atoms with E-state index in [2.05, 4.69) is 5.10 Å². The highest BCUT2D eigenvalue weighted by Crippen LogP contribution is 2.33. The van der Waals surface area contributed by atoms with Crippen LogP contribution in [0.4, 0.5) is 4.39 Å².